The first-order valence-corrected chi connectivity index (χ1v) is 7.70. The van der Waals surface area contributed by atoms with Crippen molar-refractivity contribution in [3.63, 3.8) is 0 Å². The van der Waals surface area contributed by atoms with Crippen LogP contribution in [0, 0.1) is 0 Å². The normalized spacial score (nSPS) is 10.6. The minimum Gasteiger partial charge on any atom is -0.484 e. The number of nitrogens with two attached hydrogens (primary N) is 1. The lowest BCUT2D eigenvalue weighted by atomic mass is 10.2. The van der Waals surface area contributed by atoms with Crippen LogP contribution in [-0.2, 0) is 11.3 Å². The predicted molar refractivity (Wildman–Crippen MR) is 85.4 cm³/mol. The molecule has 7 nitrogen and oxygen atoms in total. The molecular formula is C15H14N4O3S. The van der Waals surface area contributed by atoms with Gasteiger partial charge in [0.15, 0.2) is 11.6 Å². The largest absolute Gasteiger partial charge is 0.484 e. The maximum Gasteiger partial charge on any atom is 0.255 e. The average molecular weight is 330 g/mol. The average Bonchev–Trinajstić information content (AvgIpc) is 3.12. The van der Waals surface area contributed by atoms with Gasteiger partial charge >= 0.3 is 0 Å². The molecule has 0 atom stereocenters. The number of nitrogens with one attached hydrogen (secondary N) is 1. The molecule has 0 saturated heterocycles. The first-order valence-electron chi connectivity index (χ1n) is 6.82. The SMILES string of the molecule is NC(=O)COc1cccc(C(=O)NCc2cn3ccsc3n2)c1. The third-order valence-corrected chi connectivity index (χ3v) is 3.82. The van der Waals surface area contributed by atoms with Crippen LogP contribution in [0.1, 0.15) is 16.1 Å². The van der Waals surface area contributed by atoms with Crippen LogP contribution in [0.4, 0.5) is 0 Å². The number of hydrogen-bond donors (Lipinski definition) is 2. The van der Waals surface area contributed by atoms with Gasteiger partial charge in [-0.1, -0.05) is 6.07 Å². The number of rotatable bonds is 6. The Morgan fingerprint density at radius 3 is 3.04 bits per heavy atom. The summed E-state index contributed by atoms with van der Waals surface area (Å²) in [5.41, 5.74) is 6.24. The van der Waals surface area contributed by atoms with Crippen LogP contribution >= 0.6 is 11.3 Å². The maximum absolute atomic E-state index is 12.2. The Morgan fingerprint density at radius 1 is 1.39 bits per heavy atom. The van der Waals surface area contributed by atoms with E-state index in [-0.39, 0.29) is 12.5 Å². The van der Waals surface area contributed by atoms with Gasteiger partial charge in [0, 0.05) is 23.3 Å². The lowest BCUT2D eigenvalue weighted by molar-refractivity contribution is -0.119. The lowest BCUT2D eigenvalue weighted by Gasteiger charge is -2.07. The zero-order valence-electron chi connectivity index (χ0n) is 12.1. The molecule has 3 N–H and O–H groups in total. The number of fused-ring (bicyclic) bond motifs is 1. The lowest BCUT2D eigenvalue weighted by Crippen LogP contribution is -2.23. The zero-order chi connectivity index (χ0) is 16.2. The molecule has 0 aliphatic carbocycles. The van der Waals surface area contributed by atoms with Crippen LogP contribution in [0.15, 0.2) is 42.0 Å². The zero-order valence-corrected chi connectivity index (χ0v) is 12.9. The van der Waals surface area contributed by atoms with Crippen molar-refractivity contribution >= 4 is 28.1 Å². The van der Waals surface area contributed by atoms with E-state index in [1.165, 1.54) is 11.3 Å². The molecule has 2 heterocycles. The highest BCUT2D eigenvalue weighted by atomic mass is 32.1. The van der Waals surface area contributed by atoms with E-state index in [0.29, 0.717) is 17.9 Å². The second-order valence-corrected chi connectivity index (χ2v) is 5.66. The molecule has 3 rings (SSSR count). The minimum absolute atomic E-state index is 0.226. The van der Waals surface area contributed by atoms with E-state index in [1.807, 2.05) is 22.2 Å². The molecule has 2 aromatic heterocycles. The van der Waals surface area contributed by atoms with E-state index in [4.69, 9.17) is 10.5 Å². The second-order valence-electron chi connectivity index (χ2n) is 4.79. The van der Waals surface area contributed by atoms with Crippen LogP contribution in [0.2, 0.25) is 0 Å². The Balaban J connectivity index is 1.62. The third kappa shape index (κ3) is 3.67. The first-order chi connectivity index (χ1) is 11.1. The number of thiazole rings is 1. The van der Waals surface area contributed by atoms with E-state index < -0.39 is 5.91 Å². The highest BCUT2D eigenvalue weighted by molar-refractivity contribution is 7.15. The summed E-state index contributed by atoms with van der Waals surface area (Å²) >= 11 is 1.53. The number of carbonyl (C=O) groups is 2. The summed E-state index contributed by atoms with van der Waals surface area (Å²) in [7, 11) is 0. The standard InChI is InChI=1S/C15H14N4O3S/c16-13(20)9-22-12-3-1-2-10(6-12)14(21)17-7-11-8-19-4-5-23-15(19)18-11/h1-6,8H,7,9H2,(H2,16,20)(H,17,21). The summed E-state index contributed by atoms with van der Waals surface area (Å²) < 4.78 is 7.09. The van der Waals surface area contributed by atoms with E-state index in [0.717, 1.165) is 10.7 Å². The summed E-state index contributed by atoms with van der Waals surface area (Å²) in [6, 6.07) is 6.56. The van der Waals surface area contributed by atoms with Crippen LogP contribution in [0.25, 0.3) is 4.96 Å². The summed E-state index contributed by atoms with van der Waals surface area (Å²) in [6.07, 6.45) is 3.79. The number of imidazole rings is 1. The van der Waals surface area contributed by atoms with E-state index in [9.17, 15) is 9.59 Å². The summed E-state index contributed by atoms with van der Waals surface area (Å²) in [6.45, 7) is 0.107. The molecule has 0 aliphatic heterocycles. The summed E-state index contributed by atoms with van der Waals surface area (Å²) in [5.74, 6) is -0.399. The van der Waals surface area contributed by atoms with Crippen LogP contribution in [0.5, 0.6) is 5.75 Å². The van der Waals surface area contributed by atoms with Gasteiger partial charge in [-0.25, -0.2) is 4.98 Å². The topological polar surface area (TPSA) is 98.7 Å². The van der Waals surface area contributed by atoms with Crippen LogP contribution in [-0.4, -0.2) is 27.8 Å². The molecule has 8 heteroatoms. The summed E-state index contributed by atoms with van der Waals surface area (Å²) in [4.78, 5) is 28.2. The molecule has 2 amide bonds. The van der Waals surface area contributed by atoms with Crippen LogP contribution < -0.4 is 15.8 Å². The number of aromatic nitrogens is 2. The Morgan fingerprint density at radius 2 is 2.26 bits per heavy atom. The molecule has 0 bridgehead atoms. The van der Waals surface area contributed by atoms with Gasteiger partial charge in [-0.2, -0.15) is 0 Å². The van der Waals surface area contributed by atoms with Gasteiger partial charge in [0.05, 0.1) is 12.2 Å². The fourth-order valence-corrected chi connectivity index (χ4v) is 2.73. The highest BCUT2D eigenvalue weighted by Crippen LogP contribution is 2.14. The number of benzene rings is 1. The number of nitrogens with zero attached hydrogens (tertiary/aromatic N) is 2. The number of primary amides is 1. The molecule has 1 aromatic carbocycles. The molecule has 0 saturated carbocycles. The van der Waals surface area contributed by atoms with Crippen molar-refractivity contribution < 1.29 is 14.3 Å². The molecule has 0 radical (unpaired) electrons. The Hall–Kier alpha value is -2.87. The molecule has 118 valence electrons. The van der Waals surface area contributed by atoms with Gasteiger partial charge in [-0.05, 0) is 18.2 Å². The van der Waals surface area contributed by atoms with Gasteiger partial charge in [0.2, 0.25) is 0 Å². The van der Waals surface area contributed by atoms with Crippen molar-refractivity contribution in [2.45, 2.75) is 6.54 Å². The van der Waals surface area contributed by atoms with Crippen LogP contribution in [0.3, 0.4) is 0 Å². The molecule has 3 aromatic rings. The molecule has 23 heavy (non-hydrogen) atoms. The Labute approximate surface area is 135 Å². The monoisotopic (exact) mass is 330 g/mol. The van der Waals surface area contributed by atoms with Gasteiger partial charge < -0.3 is 15.8 Å². The van der Waals surface area contributed by atoms with Gasteiger partial charge in [-0.15, -0.1) is 11.3 Å². The number of ether oxygens (including phenoxy) is 1. The van der Waals surface area contributed by atoms with Crippen molar-refractivity contribution in [3.8, 4) is 5.75 Å². The quantitative estimate of drug-likeness (QED) is 0.709. The first kappa shape index (κ1) is 15.0. The van der Waals surface area contributed by atoms with Crippen molar-refractivity contribution in [2.24, 2.45) is 5.73 Å². The van der Waals surface area contributed by atoms with E-state index in [2.05, 4.69) is 10.3 Å². The van der Waals surface area contributed by atoms with Crippen molar-refractivity contribution in [3.05, 3.63) is 53.3 Å². The number of carbonyl (C=O) groups excluding carboxylic acids is 2. The molecular weight excluding hydrogens is 316 g/mol. The minimum atomic E-state index is -0.570. The summed E-state index contributed by atoms with van der Waals surface area (Å²) in [5, 5.41) is 4.75. The molecule has 0 fully saturated rings. The van der Waals surface area contributed by atoms with E-state index in [1.54, 1.807) is 24.3 Å². The van der Waals surface area contributed by atoms with Gasteiger partial charge in [0.1, 0.15) is 5.75 Å². The van der Waals surface area contributed by atoms with E-state index >= 15 is 0 Å². The fraction of sp³-hybridized carbons (Fsp3) is 0.133. The van der Waals surface area contributed by atoms with Gasteiger partial charge in [-0.3, -0.25) is 14.0 Å². The van der Waals surface area contributed by atoms with Gasteiger partial charge in [0.25, 0.3) is 11.8 Å². The second kappa shape index (κ2) is 6.49. The smallest absolute Gasteiger partial charge is 0.255 e. The maximum atomic E-state index is 12.2. The third-order valence-electron chi connectivity index (χ3n) is 3.05. The number of hydrogen-bond acceptors (Lipinski definition) is 5. The molecule has 0 spiro atoms. The predicted octanol–water partition coefficient (Wildman–Crippen LogP) is 1.19. The molecule has 0 aliphatic rings. The fourth-order valence-electron chi connectivity index (χ4n) is 2.02. The Bertz CT molecular complexity index is 827. The number of amides is 2. The molecule has 0 unspecified atom stereocenters. The van der Waals surface area contributed by atoms with Crippen molar-refractivity contribution in [2.75, 3.05) is 6.61 Å². The highest BCUT2D eigenvalue weighted by Gasteiger charge is 2.09. The van der Waals surface area contributed by atoms with Crippen molar-refractivity contribution in [1.29, 1.82) is 0 Å². The Kier molecular flexibility index (Phi) is 4.24. The van der Waals surface area contributed by atoms with Crippen molar-refractivity contribution in [1.82, 2.24) is 14.7 Å².